The Kier molecular flexibility index (Phi) is 1.23. The van der Waals surface area contributed by atoms with Crippen LogP contribution in [0.25, 0.3) is 0 Å². The lowest BCUT2D eigenvalue weighted by molar-refractivity contribution is 0.208. The molecule has 0 radical (unpaired) electrons. The summed E-state index contributed by atoms with van der Waals surface area (Å²) in [5.74, 6) is 1.98. The Morgan fingerprint density at radius 2 is 2.00 bits per heavy atom. The first-order valence-electron chi connectivity index (χ1n) is 4.68. The summed E-state index contributed by atoms with van der Waals surface area (Å²) in [4.78, 5) is 0. The molecule has 0 aromatic heterocycles. The van der Waals surface area contributed by atoms with Gasteiger partial charge in [-0.1, -0.05) is 18.2 Å². The zero-order valence-electron chi connectivity index (χ0n) is 6.99. The van der Waals surface area contributed by atoms with Crippen molar-refractivity contribution in [1.29, 1.82) is 0 Å². The van der Waals surface area contributed by atoms with Crippen molar-refractivity contribution >= 4 is 0 Å². The van der Waals surface area contributed by atoms with Crippen LogP contribution in [0.2, 0.25) is 0 Å². The SMILES string of the molecule is c1ccc2c(c1)CC(C1CC1)O2. The Balaban J connectivity index is 1.89. The molecule has 2 aliphatic rings. The maximum atomic E-state index is 5.83. The molecule has 1 aliphatic carbocycles. The van der Waals surface area contributed by atoms with Crippen LogP contribution in [0.4, 0.5) is 0 Å². The smallest absolute Gasteiger partial charge is 0.123 e. The van der Waals surface area contributed by atoms with Crippen LogP contribution >= 0.6 is 0 Å². The van der Waals surface area contributed by atoms with Gasteiger partial charge >= 0.3 is 0 Å². The van der Waals surface area contributed by atoms with Crippen molar-refractivity contribution in [3.05, 3.63) is 29.8 Å². The molecule has 0 spiro atoms. The fraction of sp³-hybridized carbons (Fsp3) is 0.455. The highest BCUT2D eigenvalue weighted by atomic mass is 16.5. The van der Waals surface area contributed by atoms with E-state index in [1.54, 1.807) is 0 Å². The maximum Gasteiger partial charge on any atom is 0.123 e. The average molecular weight is 160 g/mol. The van der Waals surface area contributed by atoms with Crippen molar-refractivity contribution in [1.82, 2.24) is 0 Å². The van der Waals surface area contributed by atoms with Gasteiger partial charge in [0.25, 0.3) is 0 Å². The normalized spacial score (nSPS) is 26.5. The Hall–Kier alpha value is -0.980. The van der Waals surface area contributed by atoms with Gasteiger partial charge in [-0.15, -0.1) is 0 Å². The molecule has 62 valence electrons. The van der Waals surface area contributed by atoms with Gasteiger partial charge in [0, 0.05) is 6.42 Å². The summed E-state index contributed by atoms with van der Waals surface area (Å²) in [7, 11) is 0. The van der Waals surface area contributed by atoms with Gasteiger partial charge in [0.2, 0.25) is 0 Å². The largest absolute Gasteiger partial charge is 0.490 e. The Bertz CT molecular complexity index is 277. The third-order valence-corrected chi connectivity index (χ3v) is 2.82. The fourth-order valence-electron chi connectivity index (χ4n) is 1.94. The molecule has 1 aromatic carbocycles. The second-order valence-electron chi connectivity index (χ2n) is 3.81. The van der Waals surface area contributed by atoms with Crippen molar-refractivity contribution in [2.45, 2.75) is 25.4 Å². The van der Waals surface area contributed by atoms with Gasteiger partial charge in [-0.2, -0.15) is 0 Å². The average Bonchev–Trinajstić information content (AvgIpc) is 2.85. The van der Waals surface area contributed by atoms with Crippen LogP contribution in [0, 0.1) is 5.92 Å². The summed E-state index contributed by atoms with van der Waals surface area (Å²) in [5.41, 5.74) is 1.40. The molecule has 1 unspecified atom stereocenters. The number of rotatable bonds is 1. The van der Waals surface area contributed by atoms with E-state index in [1.807, 2.05) is 6.07 Å². The molecule has 1 fully saturated rings. The minimum Gasteiger partial charge on any atom is -0.490 e. The summed E-state index contributed by atoms with van der Waals surface area (Å²) in [6.45, 7) is 0. The van der Waals surface area contributed by atoms with Gasteiger partial charge in [-0.3, -0.25) is 0 Å². The predicted molar refractivity (Wildman–Crippen MR) is 47.3 cm³/mol. The van der Waals surface area contributed by atoms with E-state index >= 15 is 0 Å². The van der Waals surface area contributed by atoms with Gasteiger partial charge in [0.1, 0.15) is 11.9 Å². The molecule has 3 rings (SSSR count). The molecule has 1 atom stereocenters. The van der Waals surface area contributed by atoms with E-state index < -0.39 is 0 Å². The molecule has 12 heavy (non-hydrogen) atoms. The standard InChI is InChI=1S/C11H12O/c1-2-4-10-9(3-1)7-11(12-10)8-5-6-8/h1-4,8,11H,5-7H2. The van der Waals surface area contributed by atoms with E-state index in [0.717, 1.165) is 18.1 Å². The van der Waals surface area contributed by atoms with Crippen LogP contribution in [0.3, 0.4) is 0 Å². The molecule has 1 saturated carbocycles. The van der Waals surface area contributed by atoms with Gasteiger partial charge < -0.3 is 4.74 Å². The van der Waals surface area contributed by atoms with Gasteiger partial charge in [-0.05, 0) is 30.4 Å². The van der Waals surface area contributed by atoms with E-state index in [2.05, 4.69) is 18.2 Å². The van der Waals surface area contributed by atoms with Crippen LogP contribution in [0.5, 0.6) is 5.75 Å². The molecule has 1 heteroatoms. The van der Waals surface area contributed by atoms with Crippen LogP contribution in [0.15, 0.2) is 24.3 Å². The maximum absolute atomic E-state index is 5.83. The summed E-state index contributed by atoms with van der Waals surface area (Å²) < 4.78 is 5.83. The molecule has 1 aromatic rings. The molecule has 0 N–H and O–H groups in total. The highest BCUT2D eigenvalue weighted by Crippen LogP contribution is 2.41. The van der Waals surface area contributed by atoms with E-state index in [4.69, 9.17) is 4.74 Å². The first-order valence-corrected chi connectivity index (χ1v) is 4.68. The van der Waals surface area contributed by atoms with Crippen molar-refractivity contribution in [3.8, 4) is 5.75 Å². The van der Waals surface area contributed by atoms with E-state index in [0.29, 0.717) is 6.10 Å². The zero-order valence-corrected chi connectivity index (χ0v) is 6.99. The number of benzene rings is 1. The Labute approximate surface area is 72.4 Å². The molecular weight excluding hydrogens is 148 g/mol. The highest BCUT2D eigenvalue weighted by molar-refractivity contribution is 5.37. The molecular formula is C11H12O. The summed E-state index contributed by atoms with van der Waals surface area (Å²) in [5, 5.41) is 0. The Morgan fingerprint density at radius 1 is 1.17 bits per heavy atom. The molecule has 1 nitrogen and oxygen atoms in total. The number of fused-ring (bicyclic) bond motifs is 1. The lowest BCUT2D eigenvalue weighted by Crippen LogP contribution is -2.14. The molecule has 1 heterocycles. The van der Waals surface area contributed by atoms with Gasteiger partial charge in [-0.25, -0.2) is 0 Å². The fourth-order valence-corrected chi connectivity index (χ4v) is 1.94. The second kappa shape index (κ2) is 2.25. The van der Waals surface area contributed by atoms with E-state index in [1.165, 1.54) is 18.4 Å². The summed E-state index contributed by atoms with van der Waals surface area (Å²) in [6, 6.07) is 8.40. The van der Waals surface area contributed by atoms with Gasteiger partial charge in [0.05, 0.1) is 0 Å². The van der Waals surface area contributed by atoms with Crippen molar-refractivity contribution in [3.63, 3.8) is 0 Å². The molecule has 0 bridgehead atoms. The topological polar surface area (TPSA) is 9.23 Å². The quantitative estimate of drug-likeness (QED) is 0.613. The van der Waals surface area contributed by atoms with Crippen LogP contribution < -0.4 is 4.74 Å². The van der Waals surface area contributed by atoms with Crippen LogP contribution in [-0.2, 0) is 6.42 Å². The minimum absolute atomic E-state index is 0.502. The minimum atomic E-state index is 0.502. The lowest BCUT2D eigenvalue weighted by Gasteiger charge is -2.07. The lowest BCUT2D eigenvalue weighted by atomic mass is 10.1. The second-order valence-corrected chi connectivity index (χ2v) is 3.81. The summed E-state index contributed by atoms with van der Waals surface area (Å²) >= 11 is 0. The predicted octanol–water partition coefficient (Wildman–Crippen LogP) is 2.40. The monoisotopic (exact) mass is 160 g/mol. The van der Waals surface area contributed by atoms with Crippen molar-refractivity contribution < 1.29 is 4.74 Å². The van der Waals surface area contributed by atoms with Crippen LogP contribution in [0.1, 0.15) is 18.4 Å². The zero-order chi connectivity index (χ0) is 7.97. The number of hydrogen-bond donors (Lipinski definition) is 0. The first-order chi connectivity index (χ1) is 5.93. The highest BCUT2D eigenvalue weighted by Gasteiger charge is 2.36. The third kappa shape index (κ3) is 0.927. The number of ether oxygens (including phenoxy) is 1. The Morgan fingerprint density at radius 3 is 2.75 bits per heavy atom. The van der Waals surface area contributed by atoms with E-state index in [-0.39, 0.29) is 0 Å². The molecule has 0 amide bonds. The van der Waals surface area contributed by atoms with Gasteiger partial charge in [0.15, 0.2) is 0 Å². The summed E-state index contributed by atoms with van der Waals surface area (Å²) in [6.07, 6.45) is 4.39. The molecule has 0 saturated heterocycles. The third-order valence-electron chi connectivity index (χ3n) is 2.82. The molecule has 1 aliphatic heterocycles. The van der Waals surface area contributed by atoms with E-state index in [9.17, 15) is 0 Å². The van der Waals surface area contributed by atoms with Crippen molar-refractivity contribution in [2.75, 3.05) is 0 Å². The van der Waals surface area contributed by atoms with Crippen LogP contribution in [-0.4, -0.2) is 6.10 Å². The first kappa shape index (κ1) is 6.53. The number of hydrogen-bond acceptors (Lipinski definition) is 1. The number of para-hydroxylation sites is 1. The van der Waals surface area contributed by atoms with Crippen molar-refractivity contribution in [2.24, 2.45) is 5.92 Å².